The highest BCUT2D eigenvalue weighted by Gasteiger charge is 2.39. The first-order valence-electron chi connectivity index (χ1n) is 5.05. The number of ether oxygens (including phenoxy) is 1. The summed E-state index contributed by atoms with van der Waals surface area (Å²) in [7, 11) is 0. The summed E-state index contributed by atoms with van der Waals surface area (Å²) in [5.74, 6) is 0.161. The van der Waals surface area contributed by atoms with Crippen molar-refractivity contribution in [3.8, 4) is 0 Å². The van der Waals surface area contributed by atoms with Crippen molar-refractivity contribution in [2.45, 2.75) is 45.5 Å². The van der Waals surface area contributed by atoms with Crippen LogP contribution in [0.2, 0.25) is 0 Å². The van der Waals surface area contributed by atoms with Gasteiger partial charge in [0.05, 0.1) is 18.3 Å². The molecule has 1 aliphatic carbocycles. The fourth-order valence-corrected chi connectivity index (χ4v) is 2.02. The highest BCUT2D eigenvalue weighted by molar-refractivity contribution is 4.89. The molecule has 0 aromatic rings. The Hall–Kier alpha value is -0.120. The van der Waals surface area contributed by atoms with Crippen LogP contribution in [0.5, 0.6) is 0 Å². The van der Waals surface area contributed by atoms with Crippen LogP contribution in [0.4, 0.5) is 0 Å². The van der Waals surface area contributed by atoms with Crippen molar-refractivity contribution >= 4 is 0 Å². The zero-order valence-electron chi connectivity index (χ0n) is 8.60. The first-order valence-corrected chi connectivity index (χ1v) is 5.05. The van der Waals surface area contributed by atoms with Crippen LogP contribution in [0.3, 0.4) is 0 Å². The minimum Gasteiger partial charge on any atom is -0.390 e. The lowest BCUT2D eigenvalue weighted by Gasteiger charge is -2.39. The molecule has 0 aliphatic heterocycles. The Balaban J connectivity index is 2.59. The zero-order valence-corrected chi connectivity index (χ0v) is 8.60. The van der Waals surface area contributed by atoms with Crippen LogP contribution in [0.1, 0.15) is 27.2 Å². The number of hydrogen-bond donors (Lipinski definition) is 2. The van der Waals surface area contributed by atoms with E-state index in [-0.39, 0.29) is 17.9 Å². The van der Waals surface area contributed by atoms with Gasteiger partial charge in [0.25, 0.3) is 0 Å². The molecule has 0 aromatic heterocycles. The smallest absolute Gasteiger partial charge is 0.0851 e. The van der Waals surface area contributed by atoms with Crippen LogP contribution < -0.4 is 0 Å². The van der Waals surface area contributed by atoms with Gasteiger partial charge in [-0.2, -0.15) is 0 Å². The molecule has 0 bridgehead atoms. The third-order valence-electron chi connectivity index (χ3n) is 3.04. The molecule has 0 saturated heterocycles. The fraction of sp³-hybridized carbons (Fsp3) is 1.00. The van der Waals surface area contributed by atoms with Crippen LogP contribution in [0.15, 0.2) is 0 Å². The molecule has 3 nitrogen and oxygen atoms in total. The quantitative estimate of drug-likeness (QED) is 0.673. The molecule has 1 rings (SSSR count). The van der Waals surface area contributed by atoms with E-state index in [1.54, 1.807) is 0 Å². The molecule has 1 fully saturated rings. The van der Waals surface area contributed by atoms with Gasteiger partial charge in [-0.25, -0.2) is 0 Å². The van der Waals surface area contributed by atoms with E-state index in [0.717, 1.165) is 6.42 Å². The highest BCUT2D eigenvalue weighted by atomic mass is 16.5. The van der Waals surface area contributed by atoms with Gasteiger partial charge < -0.3 is 14.9 Å². The zero-order chi connectivity index (χ0) is 10.0. The molecule has 0 aromatic carbocycles. The molecule has 2 N–H and O–H groups in total. The average molecular weight is 188 g/mol. The summed E-state index contributed by atoms with van der Waals surface area (Å²) in [5, 5.41) is 19.3. The third-order valence-corrected chi connectivity index (χ3v) is 3.04. The Morgan fingerprint density at radius 1 is 1.23 bits per heavy atom. The van der Waals surface area contributed by atoms with Gasteiger partial charge in [-0.1, -0.05) is 13.8 Å². The SMILES string of the molecule is CCOC1CC(C)C(O)C(O)C1C. The van der Waals surface area contributed by atoms with E-state index in [9.17, 15) is 10.2 Å². The van der Waals surface area contributed by atoms with E-state index >= 15 is 0 Å². The van der Waals surface area contributed by atoms with Crippen molar-refractivity contribution in [2.75, 3.05) is 6.61 Å². The van der Waals surface area contributed by atoms with Gasteiger partial charge in [-0.3, -0.25) is 0 Å². The van der Waals surface area contributed by atoms with Gasteiger partial charge in [0.2, 0.25) is 0 Å². The van der Waals surface area contributed by atoms with E-state index in [1.807, 2.05) is 20.8 Å². The summed E-state index contributed by atoms with van der Waals surface area (Å²) in [6.45, 7) is 6.51. The molecule has 3 heteroatoms. The van der Waals surface area contributed by atoms with Crippen molar-refractivity contribution in [2.24, 2.45) is 11.8 Å². The Labute approximate surface area is 79.7 Å². The largest absolute Gasteiger partial charge is 0.390 e. The Morgan fingerprint density at radius 2 is 1.85 bits per heavy atom. The summed E-state index contributed by atoms with van der Waals surface area (Å²) in [6, 6.07) is 0. The Bertz CT molecular complexity index is 160. The maximum Gasteiger partial charge on any atom is 0.0851 e. The van der Waals surface area contributed by atoms with Crippen molar-refractivity contribution in [3.63, 3.8) is 0 Å². The molecule has 0 amide bonds. The first-order chi connectivity index (χ1) is 6.07. The minimum absolute atomic E-state index is 0.0335. The second-order valence-corrected chi connectivity index (χ2v) is 4.05. The molecule has 0 spiro atoms. The number of rotatable bonds is 2. The van der Waals surface area contributed by atoms with Crippen molar-refractivity contribution in [1.29, 1.82) is 0 Å². The van der Waals surface area contributed by atoms with Gasteiger partial charge in [-0.05, 0) is 19.3 Å². The van der Waals surface area contributed by atoms with E-state index in [2.05, 4.69) is 0 Å². The molecule has 0 heterocycles. The van der Waals surface area contributed by atoms with Crippen LogP contribution in [0, 0.1) is 11.8 Å². The minimum atomic E-state index is -0.639. The predicted molar refractivity (Wildman–Crippen MR) is 50.4 cm³/mol. The second kappa shape index (κ2) is 4.40. The summed E-state index contributed by atoms with van der Waals surface area (Å²) in [6.07, 6.45) is -0.293. The van der Waals surface area contributed by atoms with Gasteiger partial charge in [0.15, 0.2) is 0 Å². The van der Waals surface area contributed by atoms with Crippen LogP contribution >= 0.6 is 0 Å². The maximum atomic E-state index is 9.68. The van der Waals surface area contributed by atoms with Gasteiger partial charge in [0.1, 0.15) is 0 Å². The van der Waals surface area contributed by atoms with Gasteiger partial charge in [-0.15, -0.1) is 0 Å². The summed E-state index contributed by atoms with van der Waals surface area (Å²) >= 11 is 0. The topological polar surface area (TPSA) is 49.7 Å². The molecule has 13 heavy (non-hydrogen) atoms. The van der Waals surface area contributed by atoms with Crippen LogP contribution in [-0.4, -0.2) is 35.1 Å². The fourth-order valence-electron chi connectivity index (χ4n) is 2.02. The van der Waals surface area contributed by atoms with E-state index in [0.29, 0.717) is 6.61 Å². The Morgan fingerprint density at radius 3 is 2.38 bits per heavy atom. The third kappa shape index (κ3) is 2.22. The molecule has 5 atom stereocenters. The highest BCUT2D eigenvalue weighted by Crippen LogP contribution is 2.31. The standard InChI is InChI=1S/C10H20O3/c1-4-13-8-5-6(2)9(11)10(12)7(8)3/h6-12H,4-5H2,1-3H3. The first kappa shape index (κ1) is 11.0. The molecule has 1 aliphatic rings. The summed E-state index contributed by atoms with van der Waals surface area (Å²) in [4.78, 5) is 0. The van der Waals surface area contributed by atoms with Crippen molar-refractivity contribution < 1.29 is 14.9 Å². The maximum absolute atomic E-state index is 9.68. The van der Waals surface area contributed by atoms with Crippen molar-refractivity contribution in [3.05, 3.63) is 0 Å². The summed E-state index contributed by atoms with van der Waals surface area (Å²) in [5.41, 5.74) is 0. The average Bonchev–Trinajstić information content (AvgIpc) is 2.11. The lowest BCUT2D eigenvalue weighted by molar-refractivity contribution is -0.131. The number of hydrogen-bond acceptors (Lipinski definition) is 3. The van der Waals surface area contributed by atoms with Gasteiger partial charge >= 0.3 is 0 Å². The molecule has 78 valence electrons. The van der Waals surface area contributed by atoms with Crippen LogP contribution in [0.25, 0.3) is 0 Å². The molecular formula is C10H20O3. The Kier molecular flexibility index (Phi) is 3.71. The van der Waals surface area contributed by atoms with Gasteiger partial charge in [0, 0.05) is 12.5 Å². The molecule has 5 unspecified atom stereocenters. The second-order valence-electron chi connectivity index (χ2n) is 4.05. The van der Waals surface area contributed by atoms with E-state index in [4.69, 9.17) is 4.74 Å². The van der Waals surface area contributed by atoms with E-state index in [1.165, 1.54) is 0 Å². The molecular weight excluding hydrogens is 168 g/mol. The lowest BCUT2D eigenvalue weighted by atomic mass is 9.77. The van der Waals surface area contributed by atoms with Crippen molar-refractivity contribution in [1.82, 2.24) is 0 Å². The number of aliphatic hydroxyl groups excluding tert-OH is 2. The summed E-state index contributed by atoms with van der Waals surface area (Å²) < 4.78 is 5.51. The number of aliphatic hydroxyl groups is 2. The lowest BCUT2D eigenvalue weighted by Crippen LogP contribution is -2.48. The molecule has 0 radical (unpaired) electrons. The molecule has 1 saturated carbocycles. The predicted octanol–water partition coefficient (Wildman–Crippen LogP) is 0.789. The van der Waals surface area contributed by atoms with E-state index < -0.39 is 12.2 Å². The van der Waals surface area contributed by atoms with Crippen LogP contribution in [-0.2, 0) is 4.74 Å². The monoisotopic (exact) mass is 188 g/mol. The normalized spacial score (nSPS) is 46.4.